The highest BCUT2D eigenvalue weighted by atomic mass is 79.9. The second-order valence-electron chi connectivity index (χ2n) is 4.96. The van der Waals surface area contributed by atoms with Crippen LogP contribution >= 0.6 is 15.9 Å². The number of benzene rings is 2. The molecule has 0 aliphatic heterocycles. The Kier molecular flexibility index (Phi) is 6.78. The molecular formula is C19H14BrN3O3. The number of methoxy groups -OCH3 is 1. The van der Waals surface area contributed by atoms with E-state index in [1.807, 2.05) is 18.2 Å². The van der Waals surface area contributed by atoms with Crippen LogP contribution in [0.3, 0.4) is 0 Å². The van der Waals surface area contributed by atoms with Crippen molar-refractivity contribution >= 4 is 33.6 Å². The fourth-order valence-electron chi connectivity index (χ4n) is 2.07. The van der Waals surface area contributed by atoms with E-state index in [1.54, 1.807) is 36.4 Å². The van der Waals surface area contributed by atoms with Crippen LogP contribution in [0.15, 0.2) is 52.5 Å². The molecule has 6 nitrogen and oxygen atoms in total. The lowest BCUT2D eigenvalue weighted by Crippen LogP contribution is -2.13. The van der Waals surface area contributed by atoms with E-state index < -0.39 is 5.91 Å². The van der Waals surface area contributed by atoms with Gasteiger partial charge in [0.15, 0.2) is 18.1 Å². The smallest absolute Gasteiger partial charge is 0.266 e. The number of para-hydroxylation sites is 1. The maximum Gasteiger partial charge on any atom is 0.266 e. The number of nitriles is 2. The van der Waals surface area contributed by atoms with Gasteiger partial charge in [-0.15, -0.1) is 0 Å². The minimum atomic E-state index is -0.525. The van der Waals surface area contributed by atoms with E-state index in [1.165, 1.54) is 13.2 Å². The van der Waals surface area contributed by atoms with Crippen LogP contribution in [0.25, 0.3) is 6.08 Å². The van der Waals surface area contributed by atoms with E-state index in [0.717, 1.165) is 0 Å². The number of nitrogens with zero attached hydrogens (tertiary/aromatic N) is 2. The summed E-state index contributed by atoms with van der Waals surface area (Å²) < 4.78 is 11.2. The summed E-state index contributed by atoms with van der Waals surface area (Å²) in [6.45, 7) is -0.108. The summed E-state index contributed by atoms with van der Waals surface area (Å²) >= 11 is 3.34. The van der Waals surface area contributed by atoms with Gasteiger partial charge in [-0.05, 0) is 51.8 Å². The van der Waals surface area contributed by atoms with Crippen LogP contribution in [0.1, 0.15) is 5.56 Å². The van der Waals surface area contributed by atoms with Crippen molar-refractivity contribution in [3.05, 3.63) is 58.1 Å². The molecule has 0 aliphatic rings. The Balaban J connectivity index is 2.25. The zero-order valence-corrected chi connectivity index (χ0v) is 15.4. The molecule has 2 aromatic carbocycles. The van der Waals surface area contributed by atoms with Gasteiger partial charge in [0, 0.05) is 4.47 Å². The molecule has 0 unspecified atom stereocenters. The Morgan fingerprint density at radius 1 is 1.23 bits per heavy atom. The Bertz CT molecular complexity index is 926. The Morgan fingerprint density at radius 3 is 2.65 bits per heavy atom. The van der Waals surface area contributed by atoms with Gasteiger partial charge >= 0.3 is 0 Å². The van der Waals surface area contributed by atoms with E-state index in [2.05, 4.69) is 21.2 Å². The molecule has 0 saturated carbocycles. The molecule has 2 aromatic rings. The first kappa shape index (κ1) is 19.0. The lowest BCUT2D eigenvalue weighted by molar-refractivity contribution is -0.112. The van der Waals surface area contributed by atoms with Gasteiger partial charge in [0.05, 0.1) is 12.8 Å². The molecule has 0 spiro atoms. The van der Waals surface area contributed by atoms with Gasteiger partial charge in [-0.1, -0.05) is 18.2 Å². The Labute approximate surface area is 159 Å². The zero-order valence-electron chi connectivity index (χ0n) is 13.8. The van der Waals surface area contributed by atoms with Crippen molar-refractivity contribution in [1.29, 1.82) is 10.5 Å². The van der Waals surface area contributed by atoms with Crippen LogP contribution in [0.2, 0.25) is 0 Å². The first-order chi connectivity index (χ1) is 12.6. The van der Waals surface area contributed by atoms with E-state index >= 15 is 0 Å². The molecule has 2 rings (SSSR count). The molecule has 0 aromatic heterocycles. The largest absolute Gasteiger partial charge is 0.493 e. The number of hydrogen-bond acceptors (Lipinski definition) is 5. The highest BCUT2D eigenvalue weighted by Gasteiger charge is 2.12. The third-order valence-electron chi connectivity index (χ3n) is 3.28. The summed E-state index contributed by atoms with van der Waals surface area (Å²) in [4.78, 5) is 12.3. The normalized spacial score (nSPS) is 10.4. The molecule has 0 radical (unpaired) electrons. The Hall–Kier alpha value is -3.29. The number of ether oxygens (including phenoxy) is 2. The highest BCUT2D eigenvalue weighted by molar-refractivity contribution is 9.10. The van der Waals surface area contributed by atoms with Crippen LogP contribution < -0.4 is 14.8 Å². The van der Waals surface area contributed by atoms with E-state index in [4.69, 9.17) is 14.7 Å². The number of amides is 1. The van der Waals surface area contributed by atoms with Crippen molar-refractivity contribution in [2.45, 2.75) is 0 Å². The van der Waals surface area contributed by atoms with Gasteiger partial charge in [-0.3, -0.25) is 4.79 Å². The highest BCUT2D eigenvalue weighted by Crippen LogP contribution is 2.29. The first-order valence-electron chi connectivity index (χ1n) is 7.44. The number of carbonyl (C=O) groups is 1. The van der Waals surface area contributed by atoms with Crippen LogP contribution in [-0.4, -0.2) is 19.6 Å². The topological polar surface area (TPSA) is 95.1 Å². The van der Waals surface area contributed by atoms with Gasteiger partial charge in [-0.2, -0.15) is 10.5 Å². The van der Waals surface area contributed by atoms with Gasteiger partial charge < -0.3 is 14.8 Å². The average Bonchev–Trinajstić information content (AvgIpc) is 2.66. The van der Waals surface area contributed by atoms with Crippen molar-refractivity contribution in [3.8, 4) is 23.6 Å². The number of hydrogen-bond donors (Lipinski definition) is 1. The number of anilines is 1. The van der Waals surface area contributed by atoms with Crippen LogP contribution in [0, 0.1) is 22.7 Å². The fourth-order valence-corrected chi connectivity index (χ4v) is 2.45. The summed E-state index contributed by atoms with van der Waals surface area (Å²) in [6.07, 6.45) is 1.45. The maximum absolute atomic E-state index is 12.3. The second kappa shape index (κ2) is 9.26. The number of rotatable bonds is 6. The quantitative estimate of drug-likeness (QED) is 0.574. The molecule has 0 atom stereocenters. The van der Waals surface area contributed by atoms with Gasteiger partial charge in [-0.25, -0.2) is 0 Å². The molecule has 0 saturated heterocycles. The van der Waals surface area contributed by atoms with Crippen molar-refractivity contribution in [2.75, 3.05) is 19.0 Å². The summed E-state index contributed by atoms with van der Waals surface area (Å²) in [5.74, 6) is 0.281. The fraction of sp³-hybridized carbons (Fsp3) is 0.105. The number of carbonyl (C=O) groups excluding carboxylic acids is 1. The third-order valence-corrected chi connectivity index (χ3v) is 3.97. The second-order valence-corrected chi connectivity index (χ2v) is 5.82. The molecule has 7 heteroatoms. The summed E-state index contributed by atoms with van der Waals surface area (Å²) in [5.41, 5.74) is 1.09. The summed E-state index contributed by atoms with van der Waals surface area (Å²) in [6, 6.07) is 15.8. The number of nitrogens with one attached hydrogen (secondary N) is 1. The third kappa shape index (κ3) is 4.85. The molecule has 1 amide bonds. The van der Waals surface area contributed by atoms with E-state index in [9.17, 15) is 10.1 Å². The minimum Gasteiger partial charge on any atom is -0.493 e. The lowest BCUT2D eigenvalue weighted by atomic mass is 10.1. The average molecular weight is 412 g/mol. The van der Waals surface area contributed by atoms with Crippen LogP contribution in [0.5, 0.6) is 11.5 Å². The molecule has 130 valence electrons. The zero-order chi connectivity index (χ0) is 18.9. The van der Waals surface area contributed by atoms with Gasteiger partial charge in [0.1, 0.15) is 17.7 Å². The SMILES string of the molecule is COc1cc(/C=C(\C#N)C(=O)Nc2ccccc2Br)ccc1OCC#N. The van der Waals surface area contributed by atoms with Crippen molar-refractivity contribution in [3.63, 3.8) is 0 Å². The van der Waals surface area contributed by atoms with Gasteiger partial charge in [0.2, 0.25) is 0 Å². The molecule has 0 heterocycles. The Morgan fingerprint density at radius 2 is 2.00 bits per heavy atom. The minimum absolute atomic E-state index is 0.0616. The summed E-state index contributed by atoms with van der Waals surface area (Å²) in [5, 5.41) is 20.6. The van der Waals surface area contributed by atoms with Crippen LogP contribution in [-0.2, 0) is 4.79 Å². The lowest BCUT2D eigenvalue weighted by Gasteiger charge is -2.09. The number of halogens is 1. The standard InChI is InChI=1S/C19H14BrN3O3/c1-25-18-11-13(6-7-17(18)26-9-8-21)10-14(12-22)19(24)23-16-5-3-2-4-15(16)20/h2-7,10-11H,9H2,1H3,(H,23,24)/b14-10+. The van der Waals surface area contributed by atoms with Crippen LogP contribution in [0.4, 0.5) is 5.69 Å². The maximum atomic E-state index is 12.3. The van der Waals surface area contributed by atoms with Crippen molar-refractivity contribution < 1.29 is 14.3 Å². The van der Waals surface area contributed by atoms with Crippen molar-refractivity contribution in [1.82, 2.24) is 0 Å². The predicted octanol–water partition coefficient (Wildman–Crippen LogP) is 3.91. The molecule has 26 heavy (non-hydrogen) atoms. The van der Waals surface area contributed by atoms with Gasteiger partial charge in [0.25, 0.3) is 5.91 Å². The molecule has 0 fully saturated rings. The van der Waals surface area contributed by atoms with Crippen molar-refractivity contribution in [2.24, 2.45) is 0 Å². The molecule has 0 bridgehead atoms. The van der Waals surface area contributed by atoms with E-state index in [-0.39, 0.29) is 12.2 Å². The predicted molar refractivity (Wildman–Crippen MR) is 100 cm³/mol. The van der Waals surface area contributed by atoms with E-state index in [0.29, 0.717) is 27.2 Å². The molecule has 1 N–H and O–H groups in total. The monoisotopic (exact) mass is 411 g/mol. The molecule has 0 aliphatic carbocycles. The molecular weight excluding hydrogens is 398 g/mol. The first-order valence-corrected chi connectivity index (χ1v) is 8.23. The summed E-state index contributed by atoms with van der Waals surface area (Å²) in [7, 11) is 1.47.